The van der Waals surface area contributed by atoms with Gasteiger partial charge in [0.05, 0.1) is 22.7 Å². The topological polar surface area (TPSA) is 71.3 Å². The molecule has 0 bridgehead atoms. The van der Waals surface area contributed by atoms with Crippen LogP contribution in [0.2, 0.25) is 0 Å². The van der Waals surface area contributed by atoms with E-state index < -0.39 is 0 Å². The molecule has 0 atom stereocenters. The lowest BCUT2D eigenvalue weighted by molar-refractivity contribution is -0.115. The van der Waals surface area contributed by atoms with E-state index in [4.69, 9.17) is 4.42 Å². The van der Waals surface area contributed by atoms with Crippen molar-refractivity contribution in [1.29, 1.82) is 0 Å². The van der Waals surface area contributed by atoms with E-state index in [1.165, 1.54) is 24.2 Å². The van der Waals surface area contributed by atoms with Crippen molar-refractivity contribution in [3.05, 3.63) is 40.0 Å². The molecule has 4 rings (SSSR count). The molecule has 6 nitrogen and oxygen atoms in total. The number of carbonyl (C=O) groups excluding carboxylic acids is 1. The predicted octanol–water partition coefficient (Wildman–Crippen LogP) is 4.58. The number of thiophene rings is 1. The quantitative estimate of drug-likeness (QED) is 0.637. The molecule has 0 unspecified atom stereocenters. The first-order valence-corrected chi connectivity index (χ1v) is 11.3. The first-order valence-electron chi connectivity index (χ1n) is 9.53. The lowest BCUT2D eigenvalue weighted by Gasteiger charge is -2.29. The van der Waals surface area contributed by atoms with Crippen molar-refractivity contribution in [2.24, 2.45) is 5.92 Å². The zero-order valence-electron chi connectivity index (χ0n) is 16.1. The van der Waals surface area contributed by atoms with Crippen molar-refractivity contribution < 1.29 is 9.21 Å². The standard InChI is InChI=1S/C20H24N4O2S2/c1-13-5-7-24(8-6-13)11-15-12-28-20(21-15)23-18(25)10-16-14(2)26-19(22-16)17-4-3-9-27-17/h3-4,9,12-13H,5-8,10-11H2,1-2H3,(H,21,23,25). The Morgan fingerprint density at radius 2 is 2.14 bits per heavy atom. The number of aromatic nitrogens is 2. The normalized spacial score (nSPS) is 15.8. The van der Waals surface area contributed by atoms with Crippen LogP contribution in [0.1, 0.15) is 36.9 Å². The van der Waals surface area contributed by atoms with Crippen LogP contribution in [0.5, 0.6) is 0 Å². The molecule has 1 aliphatic heterocycles. The minimum absolute atomic E-state index is 0.123. The molecule has 0 spiro atoms. The number of oxazole rings is 1. The number of likely N-dealkylation sites (tertiary alicyclic amines) is 1. The summed E-state index contributed by atoms with van der Waals surface area (Å²) in [5, 5.41) is 7.55. The van der Waals surface area contributed by atoms with Gasteiger partial charge in [-0.15, -0.1) is 22.7 Å². The second-order valence-electron chi connectivity index (χ2n) is 7.33. The molecular weight excluding hydrogens is 392 g/mol. The minimum atomic E-state index is -0.123. The Morgan fingerprint density at radius 1 is 1.32 bits per heavy atom. The molecule has 0 radical (unpaired) electrons. The Morgan fingerprint density at radius 3 is 2.89 bits per heavy atom. The Kier molecular flexibility index (Phi) is 5.89. The van der Waals surface area contributed by atoms with Gasteiger partial charge in [0.1, 0.15) is 5.76 Å². The number of rotatable bonds is 6. The first kappa shape index (κ1) is 19.3. The summed E-state index contributed by atoms with van der Waals surface area (Å²) in [6, 6.07) is 3.91. The van der Waals surface area contributed by atoms with Gasteiger partial charge in [0.15, 0.2) is 5.13 Å². The molecule has 148 valence electrons. The molecule has 3 aromatic heterocycles. The van der Waals surface area contributed by atoms with Crippen LogP contribution < -0.4 is 5.32 Å². The molecule has 0 aromatic carbocycles. The molecule has 1 aliphatic rings. The molecule has 1 saturated heterocycles. The van der Waals surface area contributed by atoms with Crippen LogP contribution >= 0.6 is 22.7 Å². The van der Waals surface area contributed by atoms with E-state index in [0.29, 0.717) is 22.5 Å². The summed E-state index contributed by atoms with van der Waals surface area (Å²) in [5.74, 6) is 1.95. The largest absolute Gasteiger partial charge is 0.440 e. The summed E-state index contributed by atoms with van der Waals surface area (Å²) in [6.45, 7) is 7.25. The number of carbonyl (C=O) groups is 1. The van der Waals surface area contributed by atoms with Crippen molar-refractivity contribution in [2.45, 2.75) is 39.7 Å². The van der Waals surface area contributed by atoms with Crippen LogP contribution in [0.4, 0.5) is 5.13 Å². The van der Waals surface area contributed by atoms with E-state index in [0.717, 1.165) is 36.1 Å². The Balaban J connectivity index is 1.33. The van der Waals surface area contributed by atoms with Crippen molar-refractivity contribution >= 4 is 33.7 Å². The van der Waals surface area contributed by atoms with E-state index in [9.17, 15) is 4.79 Å². The van der Waals surface area contributed by atoms with Gasteiger partial charge in [0.2, 0.25) is 11.8 Å². The molecule has 0 saturated carbocycles. The molecule has 4 heterocycles. The number of thiazole rings is 1. The molecule has 1 N–H and O–H groups in total. The van der Waals surface area contributed by atoms with E-state index >= 15 is 0 Å². The molecule has 3 aromatic rings. The molecule has 8 heteroatoms. The smallest absolute Gasteiger partial charge is 0.236 e. The van der Waals surface area contributed by atoms with Gasteiger partial charge in [0.25, 0.3) is 0 Å². The van der Waals surface area contributed by atoms with E-state index in [2.05, 4.69) is 27.1 Å². The fourth-order valence-corrected chi connectivity index (χ4v) is 4.67. The molecular formula is C20H24N4O2S2. The highest BCUT2D eigenvalue weighted by Crippen LogP contribution is 2.26. The Bertz CT molecular complexity index is 924. The third-order valence-electron chi connectivity index (χ3n) is 5.01. The van der Waals surface area contributed by atoms with Gasteiger partial charge in [-0.2, -0.15) is 0 Å². The summed E-state index contributed by atoms with van der Waals surface area (Å²) < 4.78 is 5.71. The van der Waals surface area contributed by atoms with Crippen molar-refractivity contribution in [3.63, 3.8) is 0 Å². The number of anilines is 1. The zero-order valence-corrected chi connectivity index (χ0v) is 17.7. The lowest BCUT2D eigenvalue weighted by Crippen LogP contribution is -2.32. The predicted molar refractivity (Wildman–Crippen MR) is 113 cm³/mol. The van der Waals surface area contributed by atoms with Gasteiger partial charge >= 0.3 is 0 Å². The van der Waals surface area contributed by atoms with Crippen LogP contribution in [0.15, 0.2) is 27.3 Å². The van der Waals surface area contributed by atoms with Crippen LogP contribution in [0.3, 0.4) is 0 Å². The number of nitrogens with zero attached hydrogens (tertiary/aromatic N) is 3. The van der Waals surface area contributed by atoms with Gasteiger partial charge in [-0.05, 0) is 50.2 Å². The van der Waals surface area contributed by atoms with E-state index in [-0.39, 0.29) is 12.3 Å². The van der Waals surface area contributed by atoms with Crippen LogP contribution in [-0.2, 0) is 17.8 Å². The van der Waals surface area contributed by atoms with Crippen LogP contribution in [0, 0.1) is 12.8 Å². The number of nitrogens with one attached hydrogen (secondary N) is 1. The molecule has 28 heavy (non-hydrogen) atoms. The van der Waals surface area contributed by atoms with Crippen molar-refractivity contribution in [2.75, 3.05) is 18.4 Å². The van der Waals surface area contributed by atoms with Gasteiger partial charge in [-0.3, -0.25) is 9.69 Å². The second-order valence-corrected chi connectivity index (χ2v) is 9.13. The minimum Gasteiger partial charge on any atom is -0.440 e. The second kappa shape index (κ2) is 8.55. The van der Waals surface area contributed by atoms with E-state index in [1.54, 1.807) is 11.3 Å². The average Bonchev–Trinajstić information content (AvgIpc) is 3.40. The van der Waals surface area contributed by atoms with Crippen molar-refractivity contribution in [1.82, 2.24) is 14.9 Å². The monoisotopic (exact) mass is 416 g/mol. The van der Waals surface area contributed by atoms with Gasteiger partial charge in [-0.1, -0.05) is 13.0 Å². The third kappa shape index (κ3) is 4.68. The maximum absolute atomic E-state index is 12.4. The summed E-state index contributed by atoms with van der Waals surface area (Å²) >= 11 is 3.04. The summed E-state index contributed by atoms with van der Waals surface area (Å²) in [5.41, 5.74) is 1.69. The van der Waals surface area contributed by atoms with Crippen LogP contribution in [-0.4, -0.2) is 33.9 Å². The number of hydrogen-bond donors (Lipinski definition) is 1. The SMILES string of the molecule is Cc1oc(-c2cccs2)nc1CC(=O)Nc1nc(CN2CCC(C)CC2)cs1. The van der Waals surface area contributed by atoms with Gasteiger partial charge in [-0.25, -0.2) is 9.97 Å². The number of amides is 1. The maximum Gasteiger partial charge on any atom is 0.236 e. The Labute approximate surface area is 172 Å². The Hall–Kier alpha value is -2.03. The highest BCUT2D eigenvalue weighted by molar-refractivity contribution is 7.14. The third-order valence-corrected chi connectivity index (χ3v) is 6.68. The molecule has 1 amide bonds. The van der Waals surface area contributed by atoms with Crippen molar-refractivity contribution in [3.8, 4) is 10.8 Å². The number of hydrogen-bond acceptors (Lipinski definition) is 7. The fourth-order valence-electron chi connectivity index (χ4n) is 3.30. The fraction of sp³-hybridized carbons (Fsp3) is 0.450. The first-order chi connectivity index (χ1) is 13.6. The average molecular weight is 417 g/mol. The van der Waals surface area contributed by atoms with Crippen LogP contribution in [0.25, 0.3) is 10.8 Å². The van der Waals surface area contributed by atoms with Gasteiger partial charge in [0, 0.05) is 11.9 Å². The number of aryl methyl sites for hydroxylation is 1. The number of piperidine rings is 1. The summed E-state index contributed by atoms with van der Waals surface area (Å²) in [4.78, 5) is 24.9. The summed E-state index contributed by atoms with van der Waals surface area (Å²) in [6.07, 6.45) is 2.68. The molecule has 0 aliphatic carbocycles. The summed E-state index contributed by atoms with van der Waals surface area (Å²) in [7, 11) is 0. The highest BCUT2D eigenvalue weighted by atomic mass is 32.1. The zero-order chi connectivity index (χ0) is 19.5. The lowest BCUT2D eigenvalue weighted by atomic mass is 9.99. The van der Waals surface area contributed by atoms with Gasteiger partial charge < -0.3 is 9.73 Å². The highest BCUT2D eigenvalue weighted by Gasteiger charge is 2.18. The molecule has 1 fully saturated rings. The maximum atomic E-state index is 12.4. The van der Waals surface area contributed by atoms with E-state index in [1.807, 2.05) is 29.8 Å².